The molecule has 0 radical (unpaired) electrons. The minimum Gasteiger partial charge on any atom is -0.192 e. The highest BCUT2D eigenvalue weighted by Gasteiger charge is 2.41. The van der Waals surface area contributed by atoms with E-state index in [1.54, 1.807) is 0 Å². The van der Waals surface area contributed by atoms with E-state index < -0.39 is 8.07 Å². The van der Waals surface area contributed by atoms with Crippen molar-refractivity contribution < 1.29 is 0 Å². The van der Waals surface area contributed by atoms with E-state index in [2.05, 4.69) is 65.1 Å². The Morgan fingerprint density at radius 1 is 0.844 bits per heavy atom. The van der Waals surface area contributed by atoms with Crippen molar-refractivity contribution in [2.24, 2.45) is 0 Å². The highest BCUT2D eigenvalue weighted by Crippen LogP contribution is 2.41. The molecule has 0 N–H and O–H groups in total. The molecule has 0 aromatic heterocycles. The lowest BCUT2D eigenvalue weighted by Gasteiger charge is -2.38. The Morgan fingerprint density at radius 2 is 1.44 bits per heavy atom. The molecule has 1 aliphatic rings. The summed E-state index contributed by atoms with van der Waals surface area (Å²) in [6.45, 7) is 13.8. The van der Waals surface area contributed by atoms with Crippen LogP contribution in [-0.2, 0) is 0 Å². The highest BCUT2D eigenvalue weighted by molar-refractivity contribution is 6.90. The monoisotopic (exact) mass is 436 g/mol. The van der Waals surface area contributed by atoms with Gasteiger partial charge in [0.15, 0.2) is 0 Å². The first-order chi connectivity index (χ1) is 15.3. The third kappa shape index (κ3) is 5.48. The van der Waals surface area contributed by atoms with Gasteiger partial charge in [-0.2, -0.15) is 10.5 Å². The predicted molar refractivity (Wildman–Crippen MR) is 138 cm³/mol. The van der Waals surface area contributed by atoms with Crippen LogP contribution >= 0.6 is 0 Å². The second kappa shape index (κ2) is 11.3. The second-order valence-electron chi connectivity index (χ2n) is 8.95. The quantitative estimate of drug-likeness (QED) is 0.270. The van der Waals surface area contributed by atoms with Crippen LogP contribution in [0.15, 0.2) is 83.5 Å². The average Bonchev–Trinajstić information content (AvgIpc) is 2.99. The van der Waals surface area contributed by atoms with Gasteiger partial charge in [-0.1, -0.05) is 102 Å². The van der Waals surface area contributed by atoms with Gasteiger partial charge in [-0.25, -0.2) is 0 Å². The first-order valence-corrected chi connectivity index (χ1v) is 13.4. The van der Waals surface area contributed by atoms with Crippen LogP contribution in [0.4, 0.5) is 0 Å². The fourth-order valence-electron chi connectivity index (χ4n) is 4.63. The number of hydrogen-bond acceptors (Lipinski definition) is 2. The van der Waals surface area contributed by atoms with E-state index in [-0.39, 0.29) is 5.57 Å². The fraction of sp³-hybridized carbons (Fsp3) is 0.310. The molecule has 0 fully saturated rings. The lowest BCUT2D eigenvalue weighted by atomic mass is 9.95. The Hall–Kier alpha value is -3.32. The summed E-state index contributed by atoms with van der Waals surface area (Å²) in [6, 6.07) is 13.7. The summed E-state index contributed by atoms with van der Waals surface area (Å²) < 4.78 is 0. The molecule has 0 bridgehead atoms. The zero-order valence-electron chi connectivity index (χ0n) is 20.0. The van der Waals surface area contributed by atoms with Gasteiger partial charge in [0.2, 0.25) is 0 Å². The Bertz CT molecular complexity index is 1080. The van der Waals surface area contributed by atoms with Gasteiger partial charge in [0.25, 0.3) is 0 Å². The van der Waals surface area contributed by atoms with E-state index in [0.717, 1.165) is 16.7 Å². The number of nitrogens with zero attached hydrogens (tertiary/aromatic N) is 2. The molecule has 32 heavy (non-hydrogen) atoms. The first-order valence-electron chi connectivity index (χ1n) is 11.2. The van der Waals surface area contributed by atoms with Gasteiger partial charge < -0.3 is 0 Å². The SMILES string of the molecule is CC(C)[Si](C#CC1=CC=CC=C/C1=C\C(=C(C#N)C#N)c1ccccc1)(C(C)C)C(C)C. The minimum absolute atomic E-state index is 0.0943. The molecule has 3 heteroatoms. The third-order valence-electron chi connectivity index (χ3n) is 6.23. The topological polar surface area (TPSA) is 47.6 Å². The summed E-state index contributed by atoms with van der Waals surface area (Å²) in [4.78, 5) is 0. The molecule has 0 amide bonds. The lowest BCUT2D eigenvalue weighted by Crippen LogP contribution is -2.43. The summed E-state index contributed by atoms with van der Waals surface area (Å²) in [5, 5.41) is 19.1. The van der Waals surface area contributed by atoms with E-state index >= 15 is 0 Å². The summed E-state index contributed by atoms with van der Waals surface area (Å²) in [7, 11) is -1.89. The van der Waals surface area contributed by atoms with Crippen LogP contribution < -0.4 is 0 Å². The van der Waals surface area contributed by atoms with Crippen LogP contribution in [0.1, 0.15) is 47.1 Å². The van der Waals surface area contributed by atoms with Crippen molar-refractivity contribution in [1.29, 1.82) is 10.5 Å². The van der Waals surface area contributed by atoms with Gasteiger partial charge in [-0.15, -0.1) is 5.54 Å². The van der Waals surface area contributed by atoms with E-state index in [0.29, 0.717) is 22.2 Å². The Balaban J connectivity index is 2.70. The maximum absolute atomic E-state index is 9.57. The highest BCUT2D eigenvalue weighted by atomic mass is 28.3. The van der Waals surface area contributed by atoms with Crippen LogP contribution in [-0.4, -0.2) is 8.07 Å². The average molecular weight is 437 g/mol. The molecular weight excluding hydrogens is 404 g/mol. The van der Waals surface area contributed by atoms with Gasteiger partial charge in [0.05, 0.1) is 0 Å². The largest absolute Gasteiger partial charge is 0.192 e. The van der Waals surface area contributed by atoms with Gasteiger partial charge >= 0.3 is 0 Å². The maximum Gasteiger partial charge on any atom is 0.146 e. The van der Waals surface area contributed by atoms with Crippen molar-refractivity contribution in [3.8, 4) is 23.6 Å². The number of hydrogen-bond donors (Lipinski definition) is 0. The molecule has 0 spiro atoms. The zero-order chi connectivity index (χ0) is 23.7. The Morgan fingerprint density at radius 3 is 1.97 bits per heavy atom. The van der Waals surface area contributed by atoms with Gasteiger partial charge in [-0.3, -0.25) is 0 Å². The van der Waals surface area contributed by atoms with Crippen molar-refractivity contribution in [2.45, 2.75) is 58.2 Å². The molecule has 1 aromatic carbocycles. The van der Waals surface area contributed by atoms with E-state index in [9.17, 15) is 10.5 Å². The van der Waals surface area contributed by atoms with Gasteiger partial charge in [-0.05, 0) is 39.9 Å². The van der Waals surface area contributed by atoms with Crippen LogP contribution in [0.25, 0.3) is 5.57 Å². The second-order valence-corrected chi connectivity index (χ2v) is 14.5. The Kier molecular flexibility index (Phi) is 8.84. The molecule has 1 aromatic rings. The molecule has 0 atom stereocenters. The summed E-state index contributed by atoms with van der Waals surface area (Å²) in [5.74, 6) is 3.54. The molecule has 0 unspecified atom stereocenters. The zero-order valence-corrected chi connectivity index (χ0v) is 21.0. The van der Waals surface area contributed by atoms with Crippen molar-refractivity contribution in [2.75, 3.05) is 0 Å². The molecule has 162 valence electrons. The maximum atomic E-state index is 9.57. The normalized spacial score (nSPS) is 14.5. The Labute approximate surface area is 195 Å². The van der Waals surface area contributed by atoms with Crippen LogP contribution in [0.5, 0.6) is 0 Å². The number of benzene rings is 1. The van der Waals surface area contributed by atoms with Crippen molar-refractivity contribution in [3.05, 3.63) is 89.1 Å². The van der Waals surface area contributed by atoms with Gasteiger partial charge in [0, 0.05) is 11.1 Å². The van der Waals surface area contributed by atoms with Crippen molar-refractivity contribution >= 4 is 13.6 Å². The van der Waals surface area contributed by atoms with Gasteiger partial charge in [0.1, 0.15) is 25.8 Å². The molecule has 0 aliphatic heterocycles. The molecule has 0 heterocycles. The van der Waals surface area contributed by atoms with Crippen LogP contribution in [0.3, 0.4) is 0 Å². The fourth-order valence-corrected chi connectivity index (χ4v) is 9.85. The number of nitriles is 2. The van der Waals surface area contributed by atoms with E-state index in [1.807, 2.05) is 66.8 Å². The molecule has 2 nitrogen and oxygen atoms in total. The van der Waals surface area contributed by atoms with Crippen LogP contribution in [0, 0.1) is 34.1 Å². The molecule has 0 saturated carbocycles. The smallest absolute Gasteiger partial charge is 0.146 e. The third-order valence-corrected chi connectivity index (χ3v) is 12.5. The van der Waals surface area contributed by atoms with Crippen molar-refractivity contribution in [3.63, 3.8) is 0 Å². The predicted octanol–water partition coefficient (Wildman–Crippen LogP) is 7.69. The standard InChI is InChI=1S/C29H32N2Si/c1-22(2)32(23(3)4,24(5)6)18-17-25-13-9-7-12-16-27(25)19-29(28(20-30)21-31)26-14-10-8-11-15-26/h7-16,19,22-24H,1-6H3/b27-19+. The summed E-state index contributed by atoms with van der Waals surface area (Å²) >= 11 is 0. The number of rotatable bonds is 5. The first kappa shape index (κ1) is 24.9. The van der Waals surface area contributed by atoms with E-state index in [4.69, 9.17) is 0 Å². The molecule has 1 aliphatic carbocycles. The van der Waals surface area contributed by atoms with E-state index in [1.165, 1.54) is 0 Å². The minimum atomic E-state index is -1.89. The summed E-state index contributed by atoms with van der Waals surface area (Å²) in [6.07, 6.45) is 11.9. The molecule has 0 saturated heterocycles. The molecule has 2 rings (SSSR count). The van der Waals surface area contributed by atoms with Crippen molar-refractivity contribution in [1.82, 2.24) is 0 Å². The molecular formula is C29H32N2Si. The summed E-state index contributed by atoms with van der Waals surface area (Å²) in [5.41, 5.74) is 8.80. The van der Waals surface area contributed by atoms with Crippen LogP contribution in [0.2, 0.25) is 16.6 Å². The lowest BCUT2D eigenvalue weighted by molar-refractivity contribution is 0.838. The number of allylic oxidation sites excluding steroid dienone is 10.